The lowest BCUT2D eigenvalue weighted by Crippen LogP contribution is -2.14. The molecule has 0 saturated heterocycles. The molecule has 19 heavy (non-hydrogen) atoms. The van der Waals surface area contributed by atoms with Gasteiger partial charge in [-0.15, -0.1) is 0 Å². The summed E-state index contributed by atoms with van der Waals surface area (Å²) < 4.78 is 6.11. The Morgan fingerprint density at radius 2 is 2.16 bits per heavy atom. The van der Waals surface area contributed by atoms with E-state index in [-0.39, 0.29) is 0 Å². The fraction of sp³-hybridized carbons (Fsp3) is 0.500. The molecule has 0 unspecified atom stereocenters. The molecule has 3 heteroatoms. The maximum atomic E-state index is 6.40. The summed E-state index contributed by atoms with van der Waals surface area (Å²) in [4.78, 5) is 0. The van der Waals surface area contributed by atoms with Gasteiger partial charge in [0.2, 0.25) is 0 Å². The van der Waals surface area contributed by atoms with Gasteiger partial charge in [0.05, 0.1) is 11.6 Å². The summed E-state index contributed by atoms with van der Waals surface area (Å²) in [7, 11) is 0. The average molecular weight is 278 g/mol. The van der Waals surface area contributed by atoms with Crippen LogP contribution in [0.3, 0.4) is 0 Å². The Balaban J connectivity index is 2.08. The molecule has 1 aliphatic rings. The molecule has 1 aromatic heterocycles. The molecular formula is C16H20ClNO. The predicted octanol–water partition coefficient (Wildman–Crippen LogP) is 4.77. The topological polar surface area (TPSA) is 25.2 Å². The minimum Gasteiger partial charge on any atom is -0.459 e. The quantitative estimate of drug-likeness (QED) is 0.796. The summed E-state index contributed by atoms with van der Waals surface area (Å²) in [6.45, 7) is 6.09. The second-order valence-corrected chi connectivity index (χ2v) is 5.87. The minimum atomic E-state index is 0.652. The van der Waals surface area contributed by atoms with Crippen LogP contribution in [0.2, 0.25) is 5.02 Å². The average Bonchev–Trinajstić information content (AvgIpc) is 3.16. The molecule has 2 aromatic rings. The largest absolute Gasteiger partial charge is 0.459 e. The molecule has 3 rings (SSSR count). The van der Waals surface area contributed by atoms with Crippen molar-refractivity contribution >= 4 is 22.6 Å². The normalized spacial score (nSPS) is 15.3. The van der Waals surface area contributed by atoms with Gasteiger partial charge >= 0.3 is 0 Å². The fourth-order valence-corrected chi connectivity index (χ4v) is 2.93. The molecule has 1 fully saturated rings. The van der Waals surface area contributed by atoms with E-state index in [1.807, 2.05) is 12.1 Å². The van der Waals surface area contributed by atoms with E-state index in [0.717, 1.165) is 41.3 Å². The van der Waals surface area contributed by atoms with Crippen molar-refractivity contribution in [2.75, 3.05) is 6.54 Å². The lowest BCUT2D eigenvalue weighted by Gasteiger charge is -2.03. The SMILES string of the molecule is CCCNCc1oc2c(C)ccc(Cl)c2c1C1CC1. The highest BCUT2D eigenvalue weighted by molar-refractivity contribution is 6.35. The molecule has 0 radical (unpaired) electrons. The van der Waals surface area contributed by atoms with Gasteiger partial charge in [0, 0.05) is 10.9 Å². The van der Waals surface area contributed by atoms with Crippen LogP contribution in [0, 0.1) is 6.92 Å². The summed E-state index contributed by atoms with van der Waals surface area (Å²) in [5.41, 5.74) is 3.50. The molecule has 102 valence electrons. The van der Waals surface area contributed by atoms with Gasteiger partial charge in [-0.1, -0.05) is 24.6 Å². The zero-order valence-corrected chi connectivity index (χ0v) is 12.3. The van der Waals surface area contributed by atoms with Gasteiger partial charge in [0.1, 0.15) is 11.3 Å². The molecule has 1 saturated carbocycles. The van der Waals surface area contributed by atoms with E-state index in [0.29, 0.717) is 5.92 Å². The number of furan rings is 1. The number of benzene rings is 1. The molecule has 1 N–H and O–H groups in total. The van der Waals surface area contributed by atoms with E-state index < -0.39 is 0 Å². The molecule has 0 aliphatic heterocycles. The van der Waals surface area contributed by atoms with Crippen LogP contribution < -0.4 is 5.32 Å². The second-order valence-electron chi connectivity index (χ2n) is 5.46. The first kappa shape index (κ1) is 13.0. The van der Waals surface area contributed by atoms with Crippen molar-refractivity contribution in [2.24, 2.45) is 0 Å². The van der Waals surface area contributed by atoms with E-state index in [4.69, 9.17) is 16.0 Å². The first-order chi connectivity index (χ1) is 9.22. The van der Waals surface area contributed by atoms with Crippen LogP contribution in [0.1, 0.15) is 49.0 Å². The van der Waals surface area contributed by atoms with Crippen LogP contribution >= 0.6 is 11.6 Å². The van der Waals surface area contributed by atoms with E-state index >= 15 is 0 Å². The molecule has 1 heterocycles. The Kier molecular flexibility index (Phi) is 3.55. The van der Waals surface area contributed by atoms with Crippen molar-refractivity contribution in [3.8, 4) is 0 Å². The number of halogens is 1. The van der Waals surface area contributed by atoms with Crippen molar-refractivity contribution in [2.45, 2.75) is 45.6 Å². The van der Waals surface area contributed by atoms with Crippen LogP contribution in [0.25, 0.3) is 11.0 Å². The first-order valence-electron chi connectivity index (χ1n) is 7.13. The van der Waals surface area contributed by atoms with E-state index in [1.54, 1.807) is 0 Å². The predicted molar refractivity (Wildman–Crippen MR) is 79.9 cm³/mol. The van der Waals surface area contributed by atoms with Gasteiger partial charge < -0.3 is 9.73 Å². The molecular weight excluding hydrogens is 258 g/mol. The number of hydrogen-bond acceptors (Lipinski definition) is 2. The van der Waals surface area contributed by atoms with Crippen molar-refractivity contribution in [1.29, 1.82) is 0 Å². The van der Waals surface area contributed by atoms with Gasteiger partial charge in [-0.25, -0.2) is 0 Å². The van der Waals surface area contributed by atoms with Gasteiger partial charge in [-0.3, -0.25) is 0 Å². The van der Waals surface area contributed by atoms with Crippen molar-refractivity contribution < 1.29 is 4.42 Å². The zero-order valence-electron chi connectivity index (χ0n) is 11.6. The summed E-state index contributed by atoms with van der Waals surface area (Å²) in [6, 6.07) is 4.03. The molecule has 0 spiro atoms. The monoisotopic (exact) mass is 277 g/mol. The summed E-state index contributed by atoms with van der Waals surface area (Å²) >= 11 is 6.40. The summed E-state index contributed by atoms with van der Waals surface area (Å²) in [5.74, 6) is 1.74. The zero-order chi connectivity index (χ0) is 13.4. The highest BCUT2D eigenvalue weighted by Crippen LogP contribution is 2.48. The minimum absolute atomic E-state index is 0.652. The highest BCUT2D eigenvalue weighted by atomic mass is 35.5. The summed E-state index contributed by atoms with van der Waals surface area (Å²) in [6.07, 6.45) is 3.66. The van der Waals surface area contributed by atoms with Crippen LogP contribution in [0.5, 0.6) is 0 Å². The third-order valence-electron chi connectivity index (χ3n) is 3.80. The van der Waals surface area contributed by atoms with Gasteiger partial charge in [-0.05, 0) is 50.3 Å². The molecule has 1 aromatic carbocycles. The van der Waals surface area contributed by atoms with E-state index in [1.165, 1.54) is 24.0 Å². The van der Waals surface area contributed by atoms with Crippen LogP contribution in [-0.4, -0.2) is 6.54 Å². The van der Waals surface area contributed by atoms with Crippen LogP contribution in [0.4, 0.5) is 0 Å². The molecule has 0 atom stereocenters. The molecule has 1 aliphatic carbocycles. The van der Waals surface area contributed by atoms with Gasteiger partial charge in [0.15, 0.2) is 0 Å². The number of hydrogen-bond donors (Lipinski definition) is 1. The standard InChI is InChI=1S/C16H20ClNO/c1-3-8-18-9-13-14(11-5-6-11)15-12(17)7-4-10(2)16(15)19-13/h4,7,11,18H,3,5-6,8-9H2,1-2H3. The Hall–Kier alpha value is -0.990. The lowest BCUT2D eigenvalue weighted by molar-refractivity contribution is 0.506. The summed E-state index contributed by atoms with van der Waals surface area (Å²) in [5, 5.41) is 5.41. The smallest absolute Gasteiger partial charge is 0.139 e. The number of rotatable bonds is 5. The molecule has 2 nitrogen and oxygen atoms in total. The second kappa shape index (κ2) is 5.18. The fourth-order valence-electron chi connectivity index (χ4n) is 2.68. The van der Waals surface area contributed by atoms with E-state index in [2.05, 4.69) is 19.2 Å². The Morgan fingerprint density at radius 1 is 1.37 bits per heavy atom. The van der Waals surface area contributed by atoms with Crippen molar-refractivity contribution in [1.82, 2.24) is 5.32 Å². The Labute approximate surface area is 119 Å². The number of nitrogens with one attached hydrogen (secondary N) is 1. The van der Waals surface area contributed by atoms with E-state index in [9.17, 15) is 0 Å². The lowest BCUT2D eigenvalue weighted by atomic mass is 10.0. The van der Waals surface area contributed by atoms with Gasteiger partial charge in [-0.2, -0.15) is 0 Å². The van der Waals surface area contributed by atoms with Crippen molar-refractivity contribution in [3.05, 3.63) is 34.0 Å². The number of aryl methyl sites for hydroxylation is 1. The molecule has 0 amide bonds. The van der Waals surface area contributed by atoms with Gasteiger partial charge in [0.25, 0.3) is 0 Å². The van der Waals surface area contributed by atoms with Crippen molar-refractivity contribution in [3.63, 3.8) is 0 Å². The number of fused-ring (bicyclic) bond motifs is 1. The molecule has 0 bridgehead atoms. The third kappa shape index (κ3) is 2.39. The Bertz CT molecular complexity index is 598. The third-order valence-corrected chi connectivity index (χ3v) is 4.11. The maximum absolute atomic E-state index is 6.40. The first-order valence-corrected chi connectivity index (χ1v) is 7.51. The maximum Gasteiger partial charge on any atom is 0.139 e. The highest BCUT2D eigenvalue weighted by Gasteiger charge is 2.31. The van der Waals surface area contributed by atoms with Crippen LogP contribution in [0.15, 0.2) is 16.5 Å². The van der Waals surface area contributed by atoms with Crippen LogP contribution in [-0.2, 0) is 6.54 Å². The Morgan fingerprint density at radius 3 is 2.84 bits per heavy atom.